The largest absolute Gasteiger partial charge is 0.371 e. The summed E-state index contributed by atoms with van der Waals surface area (Å²) < 4.78 is 5.95. The van der Waals surface area contributed by atoms with Gasteiger partial charge in [-0.05, 0) is 24.7 Å². The molecule has 1 saturated carbocycles. The highest BCUT2D eigenvalue weighted by molar-refractivity contribution is 7.14. The summed E-state index contributed by atoms with van der Waals surface area (Å²) in [6.45, 7) is 4.31. The Hall–Kier alpha value is -0.740. The van der Waals surface area contributed by atoms with E-state index in [2.05, 4.69) is 13.8 Å². The summed E-state index contributed by atoms with van der Waals surface area (Å²) in [4.78, 5) is 18.2. The maximum atomic E-state index is 12.4. The summed E-state index contributed by atoms with van der Waals surface area (Å²) in [5.41, 5.74) is 0.805. The van der Waals surface area contributed by atoms with Crippen LogP contribution < -0.4 is 0 Å². The standard InChI is InChI=1S/C17H25NO2S/c1-16(2)10-12-14(13(19)11-16)21-15(18-12)17(20-3)8-6-4-5-7-9-17/h4-11H2,1-3H3. The minimum Gasteiger partial charge on any atom is -0.371 e. The van der Waals surface area contributed by atoms with Gasteiger partial charge in [0.25, 0.3) is 0 Å². The number of carbonyl (C=O) groups is 1. The van der Waals surface area contributed by atoms with Crippen molar-refractivity contribution in [3.05, 3.63) is 15.6 Å². The molecule has 0 aliphatic heterocycles. The molecule has 0 spiro atoms. The minimum atomic E-state index is -0.247. The highest BCUT2D eigenvalue weighted by atomic mass is 32.1. The van der Waals surface area contributed by atoms with E-state index in [1.165, 1.54) is 25.7 Å². The molecule has 0 aromatic carbocycles. The molecule has 0 saturated heterocycles. The molecular weight excluding hydrogens is 282 g/mol. The van der Waals surface area contributed by atoms with E-state index in [9.17, 15) is 4.79 Å². The number of rotatable bonds is 2. The van der Waals surface area contributed by atoms with Gasteiger partial charge in [-0.15, -0.1) is 11.3 Å². The van der Waals surface area contributed by atoms with E-state index in [0.29, 0.717) is 6.42 Å². The third-order valence-corrected chi connectivity index (χ3v) is 6.25. The molecule has 3 nitrogen and oxygen atoms in total. The first-order chi connectivity index (χ1) is 9.96. The van der Waals surface area contributed by atoms with E-state index in [1.807, 2.05) is 0 Å². The van der Waals surface area contributed by atoms with E-state index in [0.717, 1.165) is 34.8 Å². The molecule has 0 atom stereocenters. The molecule has 1 fully saturated rings. The summed E-state index contributed by atoms with van der Waals surface area (Å²) in [6, 6.07) is 0. The highest BCUT2D eigenvalue weighted by Gasteiger charge is 2.40. The van der Waals surface area contributed by atoms with Gasteiger partial charge in [0.1, 0.15) is 10.6 Å². The van der Waals surface area contributed by atoms with E-state index < -0.39 is 0 Å². The van der Waals surface area contributed by atoms with Gasteiger partial charge >= 0.3 is 0 Å². The normalized spacial score (nSPS) is 24.4. The molecule has 2 aliphatic carbocycles. The van der Waals surface area contributed by atoms with Crippen molar-refractivity contribution in [2.24, 2.45) is 5.41 Å². The van der Waals surface area contributed by atoms with Gasteiger partial charge in [0.05, 0.1) is 10.6 Å². The molecule has 0 N–H and O–H groups in total. The summed E-state index contributed by atoms with van der Waals surface area (Å²) in [5.74, 6) is 0.268. The van der Waals surface area contributed by atoms with Crippen LogP contribution in [-0.4, -0.2) is 17.9 Å². The van der Waals surface area contributed by atoms with E-state index in [-0.39, 0.29) is 16.8 Å². The second kappa shape index (κ2) is 5.47. The Morgan fingerprint density at radius 3 is 2.38 bits per heavy atom. The third kappa shape index (κ3) is 2.80. The molecule has 1 heterocycles. The number of methoxy groups -OCH3 is 1. The number of thiazole rings is 1. The van der Waals surface area contributed by atoms with Crippen molar-refractivity contribution in [3.8, 4) is 0 Å². The van der Waals surface area contributed by atoms with Crippen LogP contribution >= 0.6 is 11.3 Å². The van der Waals surface area contributed by atoms with Gasteiger partial charge in [-0.1, -0.05) is 39.5 Å². The number of ether oxygens (including phenoxy) is 1. The number of hydrogen-bond donors (Lipinski definition) is 0. The summed E-state index contributed by atoms with van der Waals surface area (Å²) in [6.07, 6.45) is 8.56. The third-order valence-electron chi connectivity index (χ3n) is 4.93. The van der Waals surface area contributed by atoms with Crippen LogP contribution in [0.1, 0.15) is 79.2 Å². The Balaban J connectivity index is 1.98. The predicted octanol–water partition coefficient (Wildman–Crippen LogP) is 4.49. The lowest BCUT2D eigenvalue weighted by atomic mass is 9.78. The minimum absolute atomic E-state index is 0.0408. The Bertz CT molecular complexity index is 539. The number of hydrogen-bond acceptors (Lipinski definition) is 4. The summed E-state index contributed by atoms with van der Waals surface area (Å²) in [7, 11) is 1.80. The Morgan fingerprint density at radius 2 is 1.76 bits per heavy atom. The molecule has 2 aliphatic rings. The van der Waals surface area contributed by atoms with Crippen LogP contribution in [0.5, 0.6) is 0 Å². The van der Waals surface area contributed by atoms with Crippen LogP contribution in [0.2, 0.25) is 0 Å². The number of nitrogens with zero attached hydrogens (tertiary/aromatic N) is 1. The first-order valence-corrected chi connectivity index (χ1v) is 8.86. The van der Waals surface area contributed by atoms with E-state index in [4.69, 9.17) is 9.72 Å². The molecule has 116 valence electrons. The molecular formula is C17H25NO2S. The fourth-order valence-electron chi connectivity index (χ4n) is 3.72. The van der Waals surface area contributed by atoms with Crippen molar-refractivity contribution in [2.45, 2.75) is 70.8 Å². The molecule has 21 heavy (non-hydrogen) atoms. The van der Waals surface area contributed by atoms with Crippen molar-refractivity contribution < 1.29 is 9.53 Å². The number of fused-ring (bicyclic) bond motifs is 1. The lowest BCUT2D eigenvalue weighted by Crippen LogP contribution is -2.28. The average Bonchev–Trinajstić information content (AvgIpc) is 2.69. The SMILES string of the molecule is COC1(c2nc3c(s2)C(=O)CC(C)(C)C3)CCCCCC1. The maximum Gasteiger partial charge on any atom is 0.175 e. The molecule has 0 bridgehead atoms. The van der Waals surface area contributed by atoms with Crippen LogP contribution in [-0.2, 0) is 16.8 Å². The molecule has 0 unspecified atom stereocenters. The first-order valence-electron chi connectivity index (χ1n) is 8.04. The number of aromatic nitrogens is 1. The second-order valence-corrected chi connectivity index (χ2v) is 8.35. The Labute approximate surface area is 131 Å². The molecule has 0 radical (unpaired) electrons. The average molecular weight is 307 g/mol. The zero-order valence-corrected chi connectivity index (χ0v) is 14.1. The van der Waals surface area contributed by atoms with Gasteiger partial charge in [0, 0.05) is 13.5 Å². The summed E-state index contributed by atoms with van der Waals surface area (Å²) in [5, 5.41) is 1.04. The van der Waals surface area contributed by atoms with Crippen LogP contribution in [0.15, 0.2) is 0 Å². The second-order valence-electron chi connectivity index (χ2n) is 7.35. The van der Waals surface area contributed by atoms with Gasteiger partial charge in [-0.3, -0.25) is 4.79 Å². The quantitative estimate of drug-likeness (QED) is 0.755. The zero-order chi connectivity index (χ0) is 15.1. The van der Waals surface area contributed by atoms with Crippen molar-refractivity contribution in [2.75, 3.05) is 7.11 Å². The lowest BCUT2D eigenvalue weighted by molar-refractivity contribution is -0.0281. The van der Waals surface area contributed by atoms with E-state index in [1.54, 1.807) is 18.4 Å². The van der Waals surface area contributed by atoms with Crippen LogP contribution in [0, 0.1) is 5.41 Å². The van der Waals surface area contributed by atoms with Crippen LogP contribution in [0.3, 0.4) is 0 Å². The van der Waals surface area contributed by atoms with Crippen LogP contribution in [0.4, 0.5) is 0 Å². The predicted molar refractivity (Wildman–Crippen MR) is 84.9 cm³/mol. The fraction of sp³-hybridized carbons (Fsp3) is 0.765. The van der Waals surface area contributed by atoms with Crippen molar-refractivity contribution in [1.29, 1.82) is 0 Å². The number of carbonyl (C=O) groups excluding carboxylic acids is 1. The van der Waals surface area contributed by atoms with Crippen molar-refractivity contribution in [3.63, 3.8) is 0 Å². The maximum absolute atomic E-state index is 12.4. The molecule has 4 heteroatoms. The number of ketones is 1. The fourth-order valence-corrected chi connectivity index (χ4v) is 4.96. The van der Waals surface area contributed by atoms with Gasteiger partial charge in [-0.25, -0.2) is 4.98 Å². The highest BCUT2D eigenvalue weighted by Crippen LogP contribution is 2.44. The monoisotopic (exact) mass is 307 g/mol. The molecule has 1 aromatic rings. The van der Waals surface area contributed by atoms with Crippen molar-refractivity contribution >= 4 is 17.1 Å². The molecule has 3 rings (SSSR count). The van der Waals surface area contributed by atoms with Gasteiger partial charge in [-0.2, -0.15) is 0 Å². The summed E-state index contributed by atoms with van der Waals surface area (Å²) >= 11 is 1.60. The zero-order valence-electron chi connectivity index (χ0n) is 13.3. The smallest absolute Gasteiger partial charge is 0.175 e. The Morgan fingerprint density at radius 1 is 1.10 bits per heavy atom. The molecule has 0 amide bonds. The molecule has 1 aromatic heterocycles. The van der Waals surface area contributed by atoms with Gasteiger partial charge < -0.3 is 4.74 Å². The van der Waals surface area contributed by atoms with Gasteiger partial charge in [0.2, 0.25) is 0 Å². The van der Waals surface area contributed by atoms with Gasteiger partial charge in [0.15, 0.2) is 5.78 Å². The topological polar surface area (TPSA) is 39.2 Å². The Kier molecular flexibility index (Phi) is 3.95. The van der Waals surface area contributed by atoms with Crippen LogP contribution in [0.25, 0.3) is 0 Å². The van der Waals surface area contributed by atoms with Crippen molar-refractivity contribution in [1.82, 2.24) is 4.98 Å². The lowest BCUT2D eigenvalue weighted by Gasteiger charge is -2.29. The van der Waals surface area contributed by atoms with E-state index >= 15 is 0 Å². The first kappa shape index (κ1) is 15.2. The number of Topliss-reactive ketones (excluding diaryl/α,β-unsaturated/α-hetero) is 1.